The van der Waals surface area contributed by atoms with Crippen LogP contribution in [0.3, 0.4) is 0 Å². The highest BCUT2D eigenvalue weighted by Crippen LogP contribution is 2.22. The summed E-state index contributed by atoms with van der Waals surface area (Å²) in [4.78, 5) is 29.1. The largest absolute Gasteiger partial charge is 0.382 e. The molecule has 0 radical (unpaired) electrons. The number of hydrogen-bond donors (Lipinski definition) is 0. The van der Waals surface area contributed by atoms with Gasteiger partial charge in [0.15, 0.2) is 0 Å². The molecule has 1 aliphatic heterocycles. The van der Waals surface area contributed by atoms with Crippen LogP contribution in [0.25, 0.3) is 0 Å². The lowest BCUT2D eigenvalue weighted by Crippen LogP contribution is -2.30. The summed E-state index contributed by atoms with van der Waals surface area (Å²) in [6.45, 7) is 3.63. The summed E-state index contributed by atoms with van der Waals surface area (Å²) >= 11 is 0. The Labute approximate surface area is 112 Å². The van der Waals surface area contributed by atoms with Crippen molar-refractivity contribution < 1.29 is 19.2 Å². The highest BCUT2D eigenvalue weighted by Gasteiger charge is 2.36. The maximum Gasteiger partial charge on any atom is 0.285 e. The third-order valence-corrected chi connectivity index (χ3v) is 2.86. The Morgan fingerprint density at radius 3 is 2.16 bits per heavy atom. The van der Waals surface area contributed by atoms with E-state index in [0.29, 0.717) is 30.9 Å². The molecule has 0 N–H and O–H groups in total. The molecular weight excluding hydrogens is 246 g/mol. The van der Waals surface area contributed by atoms with Crippen molar-refractivity contribution in [3.05, 3.63) is 35.4 Å². The monoisotopic (exact) mass is 263 g/mol. The van der Waals surface area contributed by atoms with Gasteiger partial charge in [-0.25, -0.2) is 0 Å². The number of amides is 2. The van der Waals surface area contributed by atoms with Gasteiger partial charge in [-0.15, -0.1) is 5.06 Å². The first-order valence-corrected chi connectivity index (χ1v) is 6.44. The van der Waals surface area contributed by atoms with E-state index in [9.17, 15) is 9.59 Å². The average Bonchev–Trinajstić information content (AvgIpc) is 2.68. The molecule has 102 valence electrons. The van der Waals surface area contributed by atoms with E-state index in [1.54, 1.807) is 24.3 Å². The molecule has 2 rings (SSSR count). The van der Waals surface area contributed by atoms with Crippen LogP contribution in [0.2, 0.25) is 0 Å². The Morgan fingerprint density at radius 2 is 1.58 bits per heavy atom. The highest BCUT2D eigenvalue weighted by molar-refractivity contribution is 6.20. The third kappa shape index (κ3) is 3.00. The van der Waals surface area contributed by atoms with E-state index >= 15 is 0 Å². The Hall–Kier alpha value is -1.72. The van der Waals surface area contributed by atoms with Gasteiger partial charge in [0.1, 0.15) is 0 Å². The van der Waals surface area contributed by atoms with Gasteiger partial charge in [0.25, 0.3) is 11.8 Å². The van der Waals surface area contributed by atoms with E-state index in [1.807, 2.05) is 6.92 Å². The average molecular weight is 263 g/mol. The predicted octanol–water partition coefficient (Wildman–Crippen LogP) is 2.03. The fraction of sp³-hybridized carbons (Fsp3) is 0.429. The van der Waals surface area contributed by atoms with E-state index < -0.39 is 0 Å². The second kappa shape index (κ2) is 6.45. The van der Waals surface area contributed by atoms with Crippen molar-refractivity contribution >= 4 is 11.8 Å². The molecule has 1 aromatic carbocycles. The van der Waals surface area contributed by atoms with Crippen molar-refractivity contribution in [2.45, 2.75) is 19.8 Å². The minimum atomic E-state index is -0.384. The zero-order valence-electron chi connectivity index (χ0n) is 10.9. The van der Waals surface area contributed by atoms with Gasteiger partial charge in [0, 0.05) is 13.2 Å². The van der Waals surface area contributed by atoms with Crippen LogP contribution in [0.1, 0.15) is 40.5 Å². The summed E-state index contributed by atoms with van der Waals surface area (Å²) in [5, 5.41) is 0.853. The zero-order chi connectivity index (χ0) is 13.7. The molecule has 0 spiro atoms. The van der Waals surface area contributed by atoms with Crippen LogP contribution in [0.15, 0.2) is 24.3 Å². The van der Waals surface area contributed by atoms with Gasteiger partial charge >= 0.3 is 0 Å². The number of imide groups is 1. The van der Waals surface area contributed by atoms with Gasteiger partial charge in [-0.3, -0.25) is 14.4 Å². The van der Waals surface area contributed by atoms with Crippen LogP contribution >= 0.6 is 0 Å². The third-order valence-electron chi connectivity index (χ3n) is 2.86. The Balaban J connectivity index is 1.83. The van der Waals surface area contributed by atoms with Gasteiger partial charge in [-0.1, -0.05) is 12.1 Å². The van der Waals surface area contributed by atoms with Crippen LogP contribution in [0, 0.1) is 0 Å². The molecule has 0 unspecified atom stereocenters. The predicted molar refractivity (Wildman–Crippen MR) is 68.6 cm³/mol. The number of carbonyl (C=O) groups is 2. The lowest BCUT2D eigenvalue weighted by Gasteiger charge is -2.13. The van der Waals surface area contributed by atoms with E-state index in [2.05, 4.69) is 0 Å². The van der Waals surface area contributed by atoms with E-state index in [-0.39, 0.29) is 11.8 Å². The van der Waals surface area contributed by atoms with Gasteiger partial charge in [-0.05, 0) is 31.9 Å². The molecular formula is C14H17NO4. The molecule has 0 aromatic heterocycles. The Morgan fingerprint density at radius 1 is 1.00 bits per heavy atom. The standard InChI is InChI=1S/C14H17NO4/c1-2-18-9-5-6-10-19-15-13(16)11-7-3-4-8-12(11)14(15)17/h3-4,7-8H,2,5-6,9-10H2,1H3. The molecule has 0 saturated heterocycles. The molecule has 2 amide bonds. The summed E-state index contributed by atoms with van der Waals surface area (Å²) in [7, 11) is 0. The van der Waals surface area contributed by atoms with Gasteiger partial charge in [0.05, 0.1) is 17.7 Å². The minimum absolute atomic E-state index is 0.332. The van der Waals surface area contributed by atoms with Crippen LogP contribution in [-0.2, 0) is 9.57 Å². The molecule has 0 bridgehead atoms. The molecule has 5 nitrogen and oxygen atoms in total. The number of ether oxygens (including phenoxy) is 1. The van der Waals surface area contributed by atoms with Crippen molar-refractivity contribution in [3.8, 4) is 0 Å². The molecule has 5 heteroatoms. The zero-order valence-corrected chi connectivity index (χ0v) is 10.9. The molecule has 1 aliphatic rings. The summed E-state index contributed by atoms with van der Waals surface area (Å²) in [6, 6.07) is 6.73. The summed E-state index contributed by atoms with van der Waals surface area (Å²) in [6.07, 6.45) is 1.59. The van der Waals surface area contributed by atoms with Crippen LogP contribution < -0.4 is 0 Å². The second-order valence-corrected chi connectivity index (χ2v) is 4.19. The Kier molecular flexibility index (Phi) is 4.65. The van der Waals surface area contributed by atoms with Crippen molar-refractivity contribution in [3.63, 3.8) is 0 Å². The molecule has 19 heavy (non-hydrogen) atoms. The number of hydroxylamine groups is 2. The normalized spacial score (nSPS) is 14.1. The Bertz CT molecular complexity index is 437. The van der Waals surface area contributed by atoms with Crippen molar-refractivity contribution in [2.24, 2.45) is 0 Å². The number of carbonyl (C=O) groups excluding carboxylic acids is 2. The van der Waals surface area contributed by atoms with Crippen molar-refractivity contribution in [1.82, 2.24) is 5.06 Å². The fourth-order valence-electron chi connectivity index (χ4n) is 1.89. The van der Waals surface area contributed by atoms with Crippen LogP contribution in [0.4, 0.5) is 0 Å². The highest BCUT2D eigenvalue weighted by atomic mass is 16.7. The quantitative estimate of drug-likeness (QED) is 0.558. The van der Waals surface area contributed by atoms with E-state index in [1.165, 1.54) is 0 Å². The SMILES string of the molecule is CCOCCCCON1C(=O)c2ccccc2C1=O. The molecule has 1 aromatic rings. The topological polar surface area (TPSA) is 55.8 Å². The number of rotatable bonds is 7. The van der Waals surface area contributed by atoms with Gasteiger partial charge in [0.2, 0.25) is 0 Å². The summed E-state index contributed by atoms with van der Waals surface area (Å²) < 4.78 is 5.20. The molecule has 0 atom stereocenters. The van der Waals surface area contributed by atoms with Gasteiger partial charge < -0.3 is 4.74 Å². The number of hydrogen-bond acceptors (Lipinski definition) is 4. The van der Waals surface area contributed by atoms with Crippen LogP contribution in [-0.4, -0.2) is 36.7 Å². The lowest BCUT2D eigenvalue weighted by atomic mass is 10.1. The van der Waals surface area contributed by atoms with Crippen LogP contribution in [0.5, 0.6) is 0 Å². The number of nitrogens with zero attached hydrogens (tertiary/aromatic N) is 1. The van der Waals surface area contributed by atoms with E-state index in [0.717, 1.165) is 17.9 Å². The smallest absolute Gasteiger partial charge is 0.285 e. The summed E-state index contributed by atoms with van der Waals surface area (Å²) in [5.74, 6) is -0.768. The molecule has 0 aliphatic carbocycles. The molecule has 1 heterocycles. The van der Waals surface area contributed by atoms with Crippen molar-refractivity contribution in [1.29, 1.82) is 0 Å². The van der Waals surface area contributed by atoms with Gasteiger partial charge in [-0.2, -0.15) is 0 Å². The number of unbranched alkanes of at least 4 members (excludes halogenated alkanes) is 1. The number of benzene rings is 1. The fourth-order valence-corrected chi connectivity index (χ4v) is 1.89. The number of fused-ring (bicyclic) bond motifs is 1. The summed E-state index contributed by atoms with van der Waals surface area (Å²) in [5.41, 5.74) is 0.809. The minimum Gasteiger partial charge on any atom is -0.382 e. The molecule has 0 fully saturated rings. The first-order chi connectivity index (χ1) is 9.25. The molecule has 0 saturated carbocycles. The van der Waals surface area contributed by atoms with E-state index in [4.69, 9.17) is 9.57 Å². The maximum atomic E-state index is 11.9. The maximum absolute atomic E-state index is 11.9. The first kappa shape index (κ1) is 13.7. The first-order valence-electron chi connectivity index (χ1n) is 6.44. The second-order valence-electron chi connectivity index (χ2n) is 4.19. The van der Waals surface area contributed by atoms with Crippen molar-refractivity contribution in [2.75, 3.05) is 19.8 Å². The lowest BCUT2D eigenvalue weighted by molar-refractivity contribution is -0.0929.